The Bertz CT molecular complexity index is 425. The summed E-state index contributed by atoms with van der Waals surface area (Å²) in [4.78, 5) is 10.5. The zero-order valence-electron chi connectivity index (χ0n) is 15.0. The standard InChI is InChI=1S/C20H32O3.Mo/c1-2-3-4-5-6-7-8-9-10-11-12-13-14-15-16-17-18-19(23-18)20(21)22;/h14-17H,2-13H2,1H3,(H,21,22);. The molecule has 0 atom stereocenters. The van der Waals surface area contributed by atoms with Crippen LogP contribution in [0, 0.1) is 0 Å². The second kappa shape index (κ2) is 15.7. The third-order valence-corrected chi connectivity index (χ3v) is 4.06. The van der Waals surface area contributed by atoms with Gasteiger partial charge in [0.15, 0.2) is 5.76 Å². The van der Waals surface area contributed by atoms with Gasteiger partial charge in [-0.1, -0.05) is 89.4 Å². The zero-order valence-corrected chi connectivity index (χ0v) is 17.0. The van der Waals surface area contributed by atoms with Crippen LogP contribution in [-0.4, -0.2) is 11.1 Å². The van der Waals surface area contributed by atoms with E-state index in [-0.39, 0.29) is 26.8 Å². The Labute approximate surface area is 161 Å². The first kappa shape index (κ1) is 23.2. The van der Waals surface area contributed by atoms with Gasteiger partial charge in [0.25, 0.3) is 5.76 Å². The average Bonchev–Trinajstić information content (AvgIpc) is 3.31. The summed E-state index contributed by atoms with van der Waals surface area (Å²) >= 11 is 0. The van der Waals surface area contributed by atoms with Crippen LogP contribution < -0.4 is 0 Å². The number of carboxylic acid groups (broad SMARTS) is 1. The largest absolute Gasteiger partial charge is 0.475 e. The molecule has 0 aliphatic carbocycles. The molecular weight excluding hydrogens is 384 g/mol. The first-order chi connectivity index (χ1) is 11.3. The van der Waals surface area contributed by atoms with E-state index in [0.29, 0.717) is 5.76 Å². The number of rotatable bonds is 15. The molecule has 136 valence electrons. The molecule has 0 spiro atoms. The maximum Gasteiger partial charge on any atom is 0.375 e. The Hall–Kier alpha value is -0.822. The molecule has 1 rings (SSSR count). The Morgan fingerprint density at radius 1 is 0.917 bits per heavy atom. The smallest absolute Gasteiger partial charge is 0.375 e. The normalized spacial score (nSPS) is 13.4. The van der Waals surface area contributed by atoms with Crippen LogP contribution in [0.2, 0.25) is 0 Å². The van der Waals surface area contributed by atoms with Crippen LogP contribution in [0.15, 0.2) is 35.8 Å². The van der Waals surface area contributed by atoms with Crippen molar-refractivity contribution in [2.45, 2.75) is 84.0 Å². The maximum atomic E-state index is 10.5. The predicted molar refractivity (Wildman–Crippen MR) is 95.1 cm³/mol. The topological polar surface area (TPSA) is 49.8 Å². The first-order valence-electron chi connectivity index (χ1n) is 9.24. The number of ether oxygens (including phenoxy) is 1. The molecule has 0 amide bonds. The van der Waals surface area contributed by atoms with Gasteiger partial charge in [-0.05, 0) is 18.9 Å². The fourth-order valence-electron chi connectivity index (χ4n) is 2.59. The quantitative estimate of drug-likeness (QED) is 0.199. The maximum absolute atomic E-state index is 10.5. The fourth-order valence-corrected chi connectivity index (χ4v) is 2.59. The summed E-state index contributed by atoms with van der Waals surface area (Å²) in [5, 5.41) is 8.61. The molecule has 1 aliphatic rings. The second-order valence-corrected chi connectivity index (χ2v) is 6.21. The third kappa shape index (κ3) is 12.6. The van der Waals surface area contributed by atoms with E-state index in [2.05, 4.69) is 13.0 Å². The van der Waals surface area contributed by atoms with Crippen LogP contribution in [0.1, 0.15) is 84.0 Å². The van der Waals surface area contributed by atoms with Gasteiger partial charge in [0.05, 0.1) is 0 Å². The van der Waals surface area contributed by atoms with E-state index in [1.807, 2.05) is 12.2 Å². The minimum absolute atomic E-state index is 0. The molecule has 0 bridgehead atoms. The molecular formula is C20H32MoO3. The van der Waals surface area contributed by atoms with E-state index < -0.39 is 5.97 Å². The summed E-state index contributed by atoms with van der Waals surface area (Å²) in [6, 6.07) is 0. The molecule has 24 heavy (non-hydrogen) atoms. The molecule has 0 saturated carbocycles. The molecule has 0 aromatic heterocycles. The van der Waals surface area contributed by atoms with E-state index in [9.17, 15) is 4.79 Å². The Balaban J connectivity index is 0.00000529. The minimum atomic E-state index is -0.991. The van der Waals surface area contributed by atoms with Gasteiger partial charge in [-0.25, -0.2) is 4.79 Å². The predicted octanol–water partition coefficient (Wildman–Crippen LogP) is 6.12. The first-order valence-corrected chi connectivity index (χ1v) is 9.24. The summed E-state index contributed by atoms with van der Waals surface area (Å²) in [5.74, 6) is -0.452. The number of unbranched alkanes of at least 4 members (excludes halogenated alkanes) is 11. The van der Waals surface area contributed by atoms with E-state index in [1.165, 1.54) is 70.6 Å². The molecule has 3 nitrogen and oxygen atoms in total. The van der Waals surface area contributed by atoms with Gasteiger partial charge in [0.1, 0.15) is 0 Å². The van der Waals surface area contributed by atoms with Crippen molar-refractivity contribution in [2.75, 3.05) is 0 Å². The summed E-state index contributed by atoms with van der Waals surface area (Å²) in [5.41, 5.74) is 0. The molecule has 0 unspecified atom stereocenters. The van der Waals surface area contributed by atoms with Gasteiger partial charge in [0.2, 0.25) is 0 Å². The van der Waals surface area contributed by atoms with Crippen LogP contribution in [0.5, 0.6) is 0 Å². The monoisotopic (exact) mass is 418 g/mol. The van der Waals surface area contributed by atoms with Crippen molar-refractivity contribution in [1.82, 2.24) is 0 Å². The minimum Gasteiger partial charge on any atom is -0.475 e. The van der Waals surface area contributed by atoms with Gasteiger partial charge in [-0.15, -0.1) is 0 Å². The fraction of sp³-hybridized carbons (Fsp3) is 0.650. The Kier molecular flexibility index (Phi) is 15.2. The summed E-state index contributed by atoms with van der Waals surface area (Å²) in [7, 11) is 0. The van der Waals surface area contributed by atoms with Crippen molar-refractivity contribution in [3.63, 3.8) is 0 Å². The van der Waals surface area contributed by atoms with E-state index in [4.69, 9.17) is 9.84 Å². The van der Waals surface area contributed by atoms with Gasteiger partial charge < -0.3 is 9.84 Å². The zero-order chi connectivity index (χ0) is 16.8. The molecule has 0 saturated heterocycles. The van der Waals surface area contributed by atoms with Crippen LogP contribution in [-0.2, 0) is 30.6 Å². The average molecular weight is 416 g/mol. The number of hydrogen-bond acceptors (Lipinski definition) is 2. The summed E-state index contributed by atoms with van der Waals surface area (Å²) in [6.45, 7) is 2.26. The van der Waals surface area contributed by atoms with E-state index in [0.717, 1.165) is 6.42 Å². The van der Waals surface area contributed by atoms with Gasteiger partial charge in [0, 0.05) is 21.1 Å². The molecule has 0 radical (unpaired) electrons. The van der Waals surface area contributed by atoms with Crippen LogP contribution in [0.25, 0.3) is 0 Å². The van der Waals surface area contributed by atoms with Gasteiger partial charge in [-0.2, -0.15) is 0 Å². The van der Waals surface area contributed by atoms with Crippen molar-refractivity contribution in [3.05, 3.63) is 35.8 Å². The summed E-state index contributed by atoms with van der Waals surface area (Å²) in [6.07, 6.45) is 23.8. The number of allylic oxidation sites excluding steroid dienone is 4. The van der Waals surface area contributed by atoms with Crippen molar-refractivity contribution in [3.8, 4) is 0 Å². The molecule has 1 heterocycles. The molecule has 1 N–H and O–H groups in total. The number of hydrogen-bond donors (Lipinski definition) is 1. The van der Waals surface area contributed by atoms with Crippen molar-refractivity contribution < 1.29 is 35.7 Å². The Morgan fingerprint density at radius 2 is 1.46 bits per heavy atom. The van der Waals surface area contributed by atoms with Crippen molar-refractivity contribution in [2.24, 2.45) is 0 Å². The van der Waals surface area contributed by atoms with Crippen LogP contribution in [0.4, 0.5) is 0 Å². The molecule has 1 aliphatic heterocycles. The van der Waals surface area contributed by atoms with E-state index >= 15 is 0 Å². The number of carbonyl (C=O) groups is 1. The van der Waals surface area contributed by atoms with Gasteiger partial charge >= 0.3 is 5.97 Å². The molecule has 0 aromatic carbocycles. The SMILES string of the molecule is CCCCCCCCCCCCCC=CC=CC1=C(C(=O)O)O1.[Mo]. The number of aliphatic carboxylic acids is 1. The Morgan fingerprint density at radius 3 is 1.96 bits per heavy atom. The van der Waals surface area contributed by atoms with Crippen LogP contribution in [0.3, 0.4) is 0 Å². The molecule has 0 fully saturated rings. The van der Waals surface area contributed by atoms with Crippen molar-refractivity contribution in [1.29, 1.82) is 0 Å². The van der Waals surface area contributed by atoms with Crippen LogP contribution >= 0.6 is 0 Å². The summed E-state index contributed by atoms with van der Waals surface area (Å²) < 4.78 is 4.81. The number of carboxylic acids is 1. The molecule has 4 heteroatoms. The second-order valence-electron chi connectivity index (χ2n) is 6.21. The van der Waals surface area contributed by atoms with E-state index in [1.54, 1.807) is 6.08 Å². The third-order valence-electron chi connectivity index (χ3n) is 4.06. The van der Waals surface area contributed by atoms with Crippen molar-refractivity contribution >= 4 is 5.97 Å². The molecule has 0 aromatic rings. The van der Waals surface area contributed by atoms with Gasteiger partial charge in [-0.3, -0.25) is 0 Å².